The quantitative estimate of drug-likeness (QED) is 0.615. The number of hydrogen-bond acceptors (Lipinski definition) is 2. The Morgan fingerprint density at radius 1 is 0.950 bits per heavy atom. The second-order valence-corrected chi connectivity index (χ2v) is 5.18. The van der Waals surface area contributed by atoms with Gasteiger partial charge in [-0.05, 0) is 43.9 Å². The van der Waals surface area contributed by atoms with Crippen LogP contribution in [0.1, 0.15) is 28.7 Å². The number of benzene rings is 2. The molecule has 0 aliphatic heterocycles. The number of carbonyl (C=O) groups excluding carboxylic acids is 1. The Hall–Kier alpha value is -2.09. The van der Waals surface area contributed by atoms with Crippen molar-refractivity contribution in [3.05, 3.63) is 64.7 Å². The van der Waals surface area contributed by atoms with Crippen LogP contribution in [0.5, 0.6) is 5.75 Å². The second kappa shape index (κ2) is 6.38. The summed E-state index contributed by atoms with van der Waals surface area (Å²) in [4.78, 5) is 11.9. The van der Waals surface area contributed by atoms with Crippen LogP contribution in [0, 0.1) is 20.8 Å². The van der Waals surface area contributed by atoms with Crippen LogP contribution in [0.2, 0.25) is 0 Å². The van der Waals surface area contributed by atoms with Crippen LogP contribution in [0.25, 0.3) is 0 Å². The SMILES string of the molecule is Cc1ccc(CCC(=O)Oc2c(C)cccc2C)cc1. The van der Waals surface area contributed by atoms with Crippen LogP contribution in [-0.2, 0) is 11.2 Å². The summed E-state index contributed by atoms with van der Waals surface area (Å²) in [6.45, 7) is 5.96. The topological polar surface area (TPSA) is 26.3 Å². The summed E-state index contributed by atoms with van der Waals surface area (Å²) in [6.07, 6.45) is 1.11. The smallest absolute Gasteiger partial charge is 0.311 e. The van der Waals surface area contributed by atoms with Crippen molar-refractivity contribution < 1.29 is 9.53 Å². The molecular formula is C18H20O2. The summed E-state index contributed by atoms with van der Waals surface area (Å²) < 4.78 is 5.48. The van der Waals surface area contributed by atoms with E-state index in [0.717, 1.165) is 16.7 Å². The maximum atomic E-state index is 11.9. The first-order valence-electron chi connectivity index (χ1n) is 6.88. The van der Waals surface area contributed by atoms with Gasteiger partial charge in [-0.1, -0.05) is 48.0 Å². The molecule has 20 heavy (non-hydrogen) atoms. The molecule has 0 unspecified atom stereocenters. The molecule has 0 N–H and O–H groups in total. The molecule has 0 amide bonds. The number of ether oxygens (including phenoxy) is 1. The van der Waals surface area contributed by atoms with E-state index >= 15 is 0 Å². The minimum Gasteiger partial charge on any atom is -0.426 e. The molecule has 0 aromatic heterocycles. The van der Waals surface area contributed by atoms with Crippen LogP contribution in [0.3, 0.4) is 0 Å². The fourth-order valence-electron chi connectivity index (χ4n) is 2.13. The first-order chi connectivity index (χ1) is 9.56. The Kier molecular flexibility index (Phi) is 4.57. The summed E-state index contributed by atoms with van der Waals surface area (Å²) >= 11 is 0. The average molecular weight is 268 g/mol. The highest BCUT2D eigenvalue weighted by atomic mass is 16.5. The van der Waals surface area contributed by atoms with Crippen molar-refractivity contribution in [2.45, 2.75) is 33.6 Å². The molecule has 2 rings (SSSR count). The molecule has 0 spiro atoms. The minimum atomic E-state index is -0.178. The van der Waals surface area contributed by atoms with Gasteiger partial charge in [0.1, 0.15) is 5.75 Å². The first-order valence-corrected chi connectivity index (χ1v) is 6.88. The highest BCUT2D eigenvalue weighted by Crippen LogP contribution is 2.22. The lowest BCUT2D eigenvalue weighted by Gasteiger charge is -2.10. The van der Waals surface area contributed by atoms with Gasteiger partial charge >= 0.3 is 5.97 Å². The van der Waals surface area contributed by atoms with Gasteiger partial charge in [-0.25, -0.2) is 0 Å². The molecule has 2 nitrogen and oxygen atoms in total. The molecule has 2 heteroatoms. The molecule has 2 aromatic rings. The van der Waals surface area contributed by atoms with Crippen molar-refractivity contribution >= 4 is 5.97 Å². The maximum Gasteiger partial charge on any atom is 0.311 e. The highest BCUT2D eigenvalue weighted by molar-refractivity contribution is 5.73. The molecule has 0 fully saturated rings. The van der Waals surface area contributed by atoms with E-state index < -0.39 is 0 Å². The Morgan fingerprint density at radius 3 is 2.15 bits per heavy atom. The molecule has 0 aliphatic rings. The van der Waals surface area contributed by atoms with Crippen molar-refractivity contribution in [1.82, 2.24) is 0 Å². The van der Waals surface area contributed by atoms with Crippen LogP contribution >= 0.6 is 0 Å². The van der Waals surface area contributed by atoms with Crippen molar-refractivity contribution in [2.75, 3.05) is 0 Å². The largest absolute Gasteiger partial charge is 0.426 e. The Labute approximate surface area is 120 Å². The molecule has 0 saturated heterocycles. The second-order valence-electron chi connectivity index (χ2n) is 5.18. The Bertz CT molecular complexity index is 577. The van der Waals surface area contributed by atoms with Gasteiger partial charge in [0.25, 0.3) is 0 Å². The molecule has 2 aromatic carbocycles. The molecule has 0 saturated carbocycles. The van der Waals surface area contributed by atoms with Gasteiger partial charge in [-0.2, -0.15) is 0 Å². The van der Waals surface area contributed by atoms with Gasteiger partial charge in [0, 0.05) is 6.42 Å². The third kappa shape index (κ3) is 3.70. The number of hydrogen-bond donors (Lipinski definition) is 0. The summed E-state index contributed by atoms with van der Waals surface area (Å²) in [5, 5.41) is 0. The third-order valence-electron chi connectivity index (χ3n) is 3.36. The fourth-order valence-corrected chi connectivity index (χ4v) is 2.13. The van der Waals surface area contributed by atoms with E-state index in [1.807, 2.05) is 32.0 Å². The molecule has 104 valence electrons. The van der Waals surface area contributed by atoms with E-state index in [0.29, 0.717) is 18.6 Å². The first kappa shape index (κ1) is 14.3. The number of para-hydroxylation sites is 1. The Balaban J connectivity index is 1.94. The zero-order valence-corrected chi connectivity index (χ0v) is 12.3. The van der Waals surface area contributed by atoms with Gasteiger partial charge in [-0.15, -0.1) is 0 Å². The van der Waals surface area contributed by atoms with Crippen LogP contribution in [-0.4, -0.2) is 5.97 Å². The monoisotopic (exact) mass is 268 g/mol. The maximum absolute atomic E-state index is 11.9. The van der Waals surface area contributed by atoms with Crippen molar-refractivity contribution in [3.63, 3.8) is 0 Å². The van der Waals surface area contributed by atoms with Crippen molar-refractivity contribution in [3.8, 4) is 5.75 Å². The van der Waals surface area contributed by atoms with Crippen molar-refractivity contribution in [2.24, 2.45) is 0 Å². The lowest BCUT2D eigenvalue weighted by molar-refractivity contribution is -0.134. The third-order valence-corrected chi connectivity index (χ3v) is 3.36. The van der Waals surface area contributed by atoms with E-state index in [-0.39, 0.29) is 5.97 Å². The summed E-state index contributed by atoms with van der Waals surface area (Å²) in [5.41, 5.74) is 4.38. The van der Waals surface area contributed by atoms with Gasteiger partial charge in [-0.3, -0.25) is 4.79 Å². The van der Waals surface area contributed by atoms with E-state index in [1.54, 1.807) is 0 Å². The minimum absolute atomic E-state index is 0.178. The molecular weight excluding hydrogens is 248 g/mol. The van der Waals surface area contributed by atoms with E-state index in [1.165, 1.54) is 5.56 Å². The lowest BCUT2D eigenvalue weighted by atomic mass is 10.1. The van der Waals surface area contributed by atoms with Crippen LogP contribution in [0.4, 0.5) is 0 Å². The normalized spacial score (nSPS) is 10.3. The van der Waals surface area contributed by atoms with Gasteiger partial charge in [0.15, 0.2) is 0 Å². The zero-order chi connectivity index (χ0) is 14.5. The highest BCUT2D eigenvalue weighted by Gasteiger charge is 2.09. The Morgan fingerprint density at radius 2 is 1.55 bits per heavy atom. The van der Waals surface area contributed by atoms with Crippen LogP contribution in [0.15, 0.2) is 42.5 Å². The number of carbonyl (C=O) groups is 1. The summed E-state index contributed by atoms with van der Waals surface area (Å²) in [7, 11) is 0. The number of esters is 1. The lowest BCUT2D eigenvalue weighted by Crippen LogP contribution is -2.10. The molecule has 0 radical (unpaired) electrons. The van der Waals surface area contributed by atoms with Crippen LogP contribution < -0.4 is 4.74 Å². The summed E-state index contributed by atoms with van der Waals surface area (Å²) in [6, 6.07) is 14.1. The van der Waals surface area contributed by atoms with Gasteiger partial charge < -0.3 is 4.74 Å². The molecule has 0 bridgehead atoms. The van der Waals surface area contributed by atoms with E-state index in [2.05, 4.69) is 31.2 Å². The van der Waals surface area contributed by atoms with Gasteiger partial charge in [0.05, 0.1) is 0 Å². The number of aryl methyl sites for hydroxylation is 4. The van der Waals surface area contributed by atoms with Crippen molar-refractivity contribution in [1.29, 1.82) is 0 Å². The molecule has 0 heterocycles. The average Bonchev–Trinajstić information content (AvgIpc) is 2.42. The molecule has 0 aliphatic carbocycles. The standard InChI is InChI=1S/C18H20O2/c1-13-7-9-16(10-8-13)11-12-17(19)20-18-14(2)5-4-6-15(18)3/h4-10H,11-12H2,1-3H3. The number of rotatable bonds is 4. The predicted molar refractivity (Wildman–Crippen MR) is 81.1 cm³/mol. The predicted octanol–water partition coefficient (Wildman–Crippen LogP) is 4.15. The molecule has 0 atom stereocenters. The zero-order valence-electron chi connectivity index (χ0n) is 12.3. The summed E-state index contributed by atoms with van der Waals surface area (Å²) in [5.74, 6) is 0.518. The fraction of sp³-hybridized carbons (Fsp3) is 0.278. The van der Waals surface area contributed by atoms with E-state index in [4.69, 9.17) is 4.74 Å². The van der Waals surface area contributed by atoms with E-state index in [9.17, 15) is 4.79 Å². The van der Waals surface area contributed by atoms with Gasteiger partial charge in [0.2, 0.25) is 0 Å².